The molecule has 1 amide bonds. The molecule has 0 N–H and O–H groups in total. The van der Waals surface area contributed by atoms with Crippen molar-refractivity contribution in [2.75, 3.05) is 44.3 Å². The fraction of sp³-hybridized carbons (Fsp3) is 0.611. The normalized spacial score (nSPS) is 19.0. The second kappa shape index (κ2) is 6.89. The molecule has 0 saturated carbocycles. The molecular formula is C18H26N2O4. The summed E-state index contributed by atoms with van der Waals surface area (Å²) in [6.07, 6.45) is -0.0400. The van der Waals surface area contributed by atoms with E-state index in [1.165, 1.54) is 0 Å². The molecule has 0 radical (unpaired) electrons. The van der Waals surface area contributed by atoms with Gasteiger partial charge in [-0.2, -0.15) is 0 Å². The monoisotopic (exact) mass is 334 g/mol. The zero-order valence-corrected chi connectivity index (χ0v) is 14.7. The van der Waals surface area contributed by atoms with Crippen molar-refractivity contribution in [1.29, 1.82) is 0 Å². The maximum atomic E-state index is 12.1. The zero-order valence-electron chi connectivity index (χ0n) is 14.7. The van der Waals surface area contributed by atoms with Gasteiger partial charge >= 0.3 is 6.09 Å². The van der Waals surface area contributed by atoms with Gasteiger partial charge in [0, 0.05) is 31.9 Å². The Labute approximate surface area is 143 Å². The molecule has 6 heteroatoms. The van der Waals surface area contributed by atoms with Crippen molar-refractivity contribution < 1.29 is 19.0 Å². The van der Waals surface area contributed by atoms with E-state index in [1.807, 2.05) is 32.9 Å². The van der Waals surface area contributed by atoms with Crippen LogP contribution in [0.4, 0.5) is 10.5 Å². The highest BCUT2D eigenvalue weighted by atomic mass is 16.6. The van der Waals surface area contributed by atoms with Crippen molar-refractivity contribution in [3.05, 3.63) is 24.3 Å². The van der Waals surface area contributed by atoms with Crippen LogP contribution in [0, 0.1) is 0 Å². The Balaban J connectivity index is 1.50. The van der Waals surface area contributed by atoms with Crippen LogP contribution in [0.3, 0.4) is 0 Å². The number of rotatable bonds is 3. The van der Waals surface area contributed by atoms with E-state index in [0.29, 0.717) is 26.3 Å². The van der Waals surface area contributed by atoms with Gasteiger partial charge in [0.1, 0.15) is 17.5 Å². The molecule has 2 aliphatic heterocycles. The predicted molar refractivity (Wildman–Crippen MR) is 91.7 cm³/mol. The average molecular weight is 334 g/mol. The van der Waals surface area contributed by atoms with Crippen molar-refractivity contribution in [2.45, 2.75) is 32.5 Å². The van der Waals surface area contributed by atoms with Gasteiger partial charge in [-0.3, -0.25) is 0 Å². The van der Waals surface area contributed by atoms with E-state index in [2.05, 4.69) is 17.0 Å². The summed E-state index contributed by atoms with van der Waals surface area (Å²) < 4.78 is 16.3. The van der Waals surface area contributed by atoms with E-state index < -0.39 is 5.60 Å². The van der Waals surface area contributed by atoms with E-state index in [4.69, 9.17) is 14.2 Å². The average Bonchev–Trinajstić information content (AvgIpc) is 2.50. The maximum Gasteiger partial charge on any atom is 0.410 e. The summed E-state index contributed by atoms with van der Waals surface area (Å²) in [4.78, 5) is 16.1. The molecule has 0 spiro atoms. The molecule has 0 aliphatic carbocycles. The number of ether oxygens (including phenoxy) is 3. The van der Waals surface area contributed by atoms with Crippen LogP contribution in [0.15, 0.2) is 24.3 Å². The van der Waals surface area contributed by atoms with Gasteiger partial charge in [0.2, 0.25) is 0 Å². The third-order valence-electron chi connectivity index (χ3n) is 4.04. The van der Waals surface area contributed by atoms with Crippen molar-refractivity contribution in [3.8, 4) is 5.75 Å². The van der Waals surface area contributed by atoms with Crippen molar-refractivity contribution >= 4 is 11.8 Å². The molecule has 3 rings (SSSR count). The highest BCUT2D eigenvalue weighted by molar-refractivity contribution is 5.68. The molecule has 6 nitrogen and oxygen atoms in total. The molecule has 0 aromatic heterocycles. The number of benzene rings is 1. The van der Waals surface area contributed by atoms with Gasteiger partial charge in [-0.05, 0) is 45.0 Å². The van der Waals surface area contributed by atoms with Crippen LogP contribution in [0.5, 0.6) is 5.75 Å². The molecule has 1 aromatic carbocycles. The number of anilines is 1. The lowest BCUT2D eigenvalue weighted by Gasteiger charge is -2.36. The quantitative estimate of drug-likeness (QED) is 0.850. The van der Waals surface area contributed by atoms with Crippen LogP contribution >= 0.6 is 0 Å². The Hall–Kier alpha value is -1.95. The fourth-order valence-corrected chi connectivity index (χ4v) is 2.68. The Bertz CT molecular complexity index is 555. The zero-order chi connectivity index (χ0) is 17.2. The maximum absolute atomic E-state index is 12.1. The van der Waals surface area contributed by atoms with Crippen LogP contribution in [-0.2, 0) is 9.47 Å². The van der Waals surface area contributed by atoms with E-state index in [9.17, 15) is 4.79 Å². The van der Waals surface area contributed by atoms with Gasteiger partial charge in [-0.1, -0.05) is 0 Å². The molecular weight excluding hydrogens is 308 g/mol. The second-order valence-electron chi connectivity index (χ2n) is 7.23. The highest BCUT2D eigenvalue weighted by Crippen LogP contribution is 2.23. The van der Waals surface area contributed by atoms with Gasteiger partial charge in [-0.25, -0.2) is 4.79 Å². The number of hydrogen-bond donors (Lipinski definition) is 0. The summed E-state index contributed by atoms with van der Waals surface area (Å²) >= 11 is 0. The Morgan fingerprint density at radius 1 is 1.08 bits per heavy atom. The lowest BCUT2D eigenvalue weighted by molar-refractivity contribution is -0.0796. The Kier molecular flexibility index (Phi) is 4.85. The van der Waals surface area contributed by atoms with Crippen LogP contribution < -0.4 is 9.64 Å². The topological polar surface area (TPSA) is 51.2 Å². The minimum absolute atomic E-state index is 0.188. The van der Waals surface area contributed by atoms with E-state index >= 15 is 0 Å². The Morgan fingerprint density at radius 2 is 1.71 bits per heavy atom. The number of carbonyl (C=O) groups excluding carboxylic acids is 1. The molecule has 2 saturated heterocycles. The van der Waals surface area contributed by atoms with Gasteiger partial charge in [-0.15, -0.1) is 0 Å². The number of piperazine rings is 1. The van der Waals surface area contributed by atoms with Crippen molar-refractivity contribution in [3.63, 3.8) is 0 Å². The predicted octanol–water partition coefficient (Wildman–Crippen LogP) is 2.52. The first-order valence-electron chi connectivity index (χ1n) is 8.48. The smallest absolute Gasteiger partial charge is 0.410 e. The van der Waals surface area contributed by atoms with Crippen LogP contribution in [0.1, 0.15) is 20.8 Å². The van der Waals surface area contributed by atoms with Crippen LogP contribution in [0.2, 0.25) is 0 Å². The molecule has 2 fully saturated rings. The lowest BCUT2D eigenvalue weighted by Crippen LogP contribution is -2.50. The third-order valence-corrected chi connectivity index (χ3v) is 4.04. The number of hydrogen-bond acceptors (Lipinski definition) is 5. The third kappa shape index (κ3) is 4.32. The molecule has 24 heavy (non-hydrogen) atoms. The summed E-state index contributed by atoms with van der Waals surface area (Å²) in [7, 11) is 0. The number of nitrogens with zero attached hydrogens (tertiary/aromatic N) is 2. The molecule has 2 heterocycles. The molecule has 2 aliphatic rings. The number of carbonyl (C=O) groups is 1. The lowest BCUT2D eigenvalue weighted by atomic mass is 10.2. The molecule has 0 atom stereocenters. The first-order chi connectivity index (χ1) is 11.4. The highest BCUT2D eigenvalue weighted by Gasteiger charge is 2.26. The summed E-state index contributed by atoms with van der Waals surface area (Å²) in [6, 6.07) is 8.12. The summed E-state index contributed by atoms with van der Waals surface area (Å²) in [6.45, 7) is 9.97. The molecule has 1 aromatic rings. The van der Waals surface area contributed by atoms with E-state index in [0.717, 1.165) is 24.5 Å². The first-order valence-corrected chi connectivity index (χ1v) is 8.48. The van der Waals surface area contributed by atoms with E-state index in [-0.39, 0.29) is 12.2 Å². The SMILES string of the molecule is CC(C)(C)OC(=O)N1CCN(c2ccc(OC3COC3)cc2)CC1. The summed E-state index contributed by atoms with van der Waals surface area (Å²) in [5.74, 6) is 0.874. The van der Waals surface area contributed by atoms with Crippen LogP contribution in [-0.4, -0.2) is 62.1 Å². The minimum Gasteiger partial charge on any atom is -0.486 e. The van der Waals surface area contributed by atoms with Crippen LogP contribution in [0.25, 0.3) is 0 Å². The standard InChI is InChI=1S/C18H26N2O4/c1-18(2,3)24-17(21)20-10-8-19(9-11-20)14-4-6-15(7-5-14)23-16-12-22-13-16/h4-7,16H,8-13H2,1-3H3. The van der Waals surface area contributed by atoms with Gasteiger partial charge in [0.05, 0.1) is 13.2 Å². The van der Waals surface area contributed by atoms with Gasteiger partial charge < -0.3 is 24.0 Å². The number of amides is 1. The van der Waals surface area contributed by atoms with Gasteiger partial charge in [0.25, 0.3) is 0 Å². The largest absolute Gasteiger partial charge is 0.486 e. The molecule has 0 unspecified atom stereocenters. The fourth-order valence-electron chi connectivity index (χ4n) is 2.68. The second-order valence-corrected chi connectivity index (χ2v) is 7.23. The molecule has 132 valence electrons. The minimum atomic E-state index is -0.449. The van der Waals surface area contributed by atoms with Gasteiger partial charge in [0.15, 0.2) is 0 Å². The Morgan fingerprint density at radius 3 is 2.21 bits per heavy atom. The van der Waals surface area contributed by atoms with Crippen molar-refractivity contribution in [1.82, 2.24) is 4.90 Å². The van der Waals surface area contributed by atoms with E-state index in [1.54, 1.807) is 4.90 Å². The van der Waals surface area contributed by atoms with Crippen molar-refractivity contribution in [2.24, 2.45) is 0 Å². The first kappa shape index (κ1) is 16.9. The molecule has 0 bridgehead atoms. The summed E-state index contributed by atoms with van der Waals surface area (Å²) in [5.41, 5.74) is 0.700. The summed E-state index contributed by atoms with van der Waals surface area (Å²) in [5, 5.41) is 0.